The highest BCUT2D eigenvalue weighted by atomic mass is 35.5. The molecule has 0 spiro atoms. The summed E-state index contributed by atoms with van der Waals surface area (Å²) in [7, 11) is 0. The van der Waals surface area contributed by atoms with Crippen LogP contribution in [0.5, 0.6) is 0 Å². The summed E-state index contributed by atoms with van der Waals surface area (Å²) in [6.45, 7) is 1.39. The van der Waals surface area contributed by atoms with E-state index in [4.69, 9.17) is 63.1 Å². The van der Waals surface area contributed by atoms with Gasteiger partial charge in [-0.1, -0.05) is 58.0 Å². The molecule has 0 saturated heterocycles. The highest BCUT2D eigenvalue weighted by Crippen LogP contribution is 2.44. The first-order chi connectivity index (χ1) is 7.77. The van der Waals surface area contributed by atoms with Crippen LogP contribution in [-0.2, 0) is 4.79 Å². The number of hydrogen-bond donors (Lipinski definition) is 1. The number of halogens is 5. The van der Waals surface area contributed by atoms with E-state index < -0.39 is 5.97 Å². The Hall–Kier alpha value is -0.120. The Balaban J connectivity index is 3.56. The first-order valence-electron chi connectivity index (χ1n) is 4.20. The van der Waals surface area contributed by atoms with Crippen molar-refractivity contribution >= 4 is 70.1 Å². The van der Waals surface area contributed by atoms with Crippen molar-refractivity contribution in [3.63, 3.8) is 0 Å². The molecule has 0 fully saturated rings. The Bertz CT molecular complexity index is 493. The number of benzene rings is 1. The van der Waals surface area contributed by atoms with Gasteiger partial charge in [-0.05, 0) is 13.0 Å². The maximum atomic E-state index is 10.7. The number of carboxylic acid groups (broad SMARTS) is 1. The fourth-order valence-electron chi connectivity index (χ4n) is 1.03. The van der Waals surface area contributed by atoms with Crippen LogP contribution in [0.25, 0.3) is 6.08 Å². The molecule has 17 heavy (non-hydrogen) atoms. The lowest BCUT2D eigenvalue weighted by atomic mass is 10.1. The van der Waals surface area contributed by atoms with Gasteiger partial charge in [0.2, 0.25) is 0 Å². The van der Waals surface area contributed by atoms with Crippen molar-refractivity contribution in [1.82, 2.24) is 0 Å². The van der Waals surface area contributed by atoms with Crippen LogP contribution >= 0.6 is 58.0 Å². The quantitative estimate of drug-likeness (QED) is 0.444. The van der Waals surface area contributed by atoms with E-state index in [2.05, 4.69) is 0 Å². The Kier molecular flexibility index (Phi) is 4.99. The van der Waals surface area contributed by atoms with Gasteiger partial charge in [-0.25, -0.2) is 4.79 Å². The smallest absolute Gasteiger partial charge is 0.331 e. The maximum Gasteiger partial charge on any atom is 0.331 e. The molecule has 0 amide bonds. The molecule has 0 aromatic heterocycles. The van der Waals surface area contributed by atoms with Gasteiger partial charge in [0.15, 0.2) is 0 Å². The SMILES string of the molecule is C/C(=C\c1c(Cl)c(Cl)c(Cl)c(Cl)c1Cl)C(=O)O. The zero-order valence-corrected chi connectivity index (χ0v) is 12.1. The van der Waals surface area contributed by atoms with Crippen LogP contribution < -0.4 is 0 Å². The summed E-state index contributed by atoms with van der Waals surface area (Å²) in [5.41, 5.74) is 0.274. The molecule has 0 aliphatic rings. The number of hydrogen-bond acceptors (Lipinski definition) is 1. The van der Waals surface area contributed by atoms with Crippen LogP contribution in [0.2, 0.25) is 25.1 Å². The van der Waals surface area contributed by atoms with E-state index in [1.54, 1.807) is 0 Å². The van der Waals surface area contributed by atoms with Gasteiger partial charge in [0.05, 0.1) is 25.1 Å². The zero-order valence-electron chi connectivity index (χ0n) is 8.32. The second kappa shape index (κ2) is 5.68. The van der Waals surface area contributed by atoms with Gasteiger partial charge < -0.3 is 5.11 Å². The van der Waals surface area contributed by atoms with Crippen LogP contribution in [-0.4, -0.2) is 11.1 Å². The average molecular weight is 334 g/mol. The molecule has 0 atom stereocenters. The molecule has 92 valence electrons. The fourth-order valence-corrected chi connectivity index (χ4v) is 2.29. The summed E-state index contributed by atoms with van der Waals surface area (Å²) in [5, 5.41) is 9.00. The van der Waals surface area contributed by atoms with Gasteiger partial charge in [-0.15, -0.1) is 0 Å². The first-order valence-corrected chi connectivity index (χ1v) is 6.09. The van der Waals surface area contributed by atoms with Crippen LogP contribution in [0.4, 0.5) is 0 Å². The third-order valence-corrected chi connectivity index (χ3v) is 4.25. The molecule has 0 heterocycles. The topological polar surface area (TPSA) is 37.3 Å². The van der Waals surface area contributed by atoms with E-state index in [0.29, 0.717) is 0 Å². The second-order valence-electron chi connectivity index (χ2n) is 3.12. The van der Waals surface area contributed by atoms with Crippen LogP contribution in [0.15, 0.2) is 5.57 Å². The molecule has 2 nitrogen and oxygen atoms in total. The Morgan fingerprint density at radius 2 is 1.29 bits per heavy atom. The van der Waals surface area contributed by atoms with Crippen molar-refractivity contribution in [3.8, 4) is 0 Å². The number of rotatable bonds is 2. The number of aliphatic carboxylic acids is 1. The molecule has 1 rings (SSSR count). The van der Waals surface area contributed by atoms with E-state index in [0.717, 1.165) is 0 Å². The minimum atomic E-state index is -1.10. The minimum Gasteiger partial charge on any atom is -0.478 e. The molecule has 0 radical (unpaired) electrons. The fraction of sp³-hybridized carbons (Fsp3) is 0.100. The minimum absolute atomic E-state index is 0.0344. The van der Waals surface area contributed by atoms with Gasteiger partial charge in [-0.2, -0.15) is 0 Å². The second-order valence-corrected chi connectivity index (χ2v) is 5.01. The largest absolute Gasteiger partial charge is 0.478 e. The van der Waals surface area contributed by atoms with Crippen molar-refractivity contribution in [3.05, 3.63) is 36.2 Å². The number of carbonyl (C=O) groups is 1. The molecule has 0 bridgehead atoms. The van der Waals surface area contributed by atoms with E-state index in [1.165, 1.54) is 13.0 Å². The summed E-state index contributed by atoms with van der Waals surface area (Å²) >= 11 is 29.3. The molecule has 1 aromatic rings. The van der Waals surface area contributed by atoms with Crippen molar-refractivity contribution < 1.29 is 9.90 Å². The Morgan fingerprint density at radius 1 is 0.941 bits per heavy atom. The number of carboxylic acids is 1. The van der Waals surface area contributed by atoms with Gasteiger partial charge in [-0.3, -0.25) is 0 Å². The molecular weight excluding hydrogens is 329 g/mol. The lowest BCUT2D eigenvalue weighted by molar-refractivity contribution is -0.132. The molecule has 1 N–H and O–H groups in total. The molecule has 0 aliphatic heterocycles. The van der Waals surface area contributed by atoms with Crippen molar-refractivity contribution in [2.24, 2.45) is 0 Å². The summed E-state index contributed by atoms with van der Waals surface area (Å²) in [5.74, 6) is -1.10. The lowest BCUT2D eigenvalue weighted by Crippen LogP contribution is -1.96. The molecular formula is C10H5Cl5O2. The maximum absolute atomic E-state index is 10.7. The standard InChI is InChI=1S/C10H5Cl5O2/c1-3(10(16)17)2-4-5(11)7(13)9(15)8(14)6(4)12/h2H,1H3,(H,16,17)/b3-2+. The highest BCUT2D eigenvalue weighted by molar-refractivity contribution is 6.55. The predicted molar refractivity (Wildman–Crippen MR) is 72.8 cm³/mol. The van der Waals surface area contributed by atoms with Crippen LogP contribution in [0, 0.1) is 0 Å². The van der Waals surface area contributed by atoms with E-state index in [9.17, 15) is 4.79 Å². The van der Waals surface area contributed by atoms with Crippen molar-refractivity contribution in [2.45, 2.75) is 6.92 Å². The van der Waals surface area contributed by atoms with E-state index in [1.807, 2.05) is 0 Å². The highest BCUT2D eigenvalue weighted by Gasteiger charge is 2.18. The predicted octanol–water partition coefficient (Wildman–Crippen LogP) is 5.44. The van der Waals surface area contributed by atoms with E-state index in [-0.39, 0.29) is 36.2 Å². The summed E-state index contributed by atoms with van der Waals surface area (Å²) in [4.78, 5) is 10.7. The third kappa shape index (κ3) is 3.01. The van der Waals surface area contributed by atoms with Crippen LogP contribution in [0.1, 0.15) is 12.5 Å². The average Bonchev–Trinajstić information content (AvgIpc) is 2.29. The van der Waals surface area contributed by atoms with Crippen molar-refractivity contribution in [2.75, 3.05) is 0 Å². The Labute approximate surface area is 123 Å². The third-order valence-electron chi connectivity index (χ3n) is 1.94. The molecule has 1 aromatic carbocycles. The van der Waals surface area contributed by atoms with Crippen molar-refractivity contribution in [1.29, 1.82) is 0 Å². The molecule has 7 heteroatoms. The monoisotopic (exact) mass is 332 g/mol. The first kappa shape index (κ1) is 14.9. The summed E-state index contributed by atoms with van der Waals surface area (Å²) in [6, 6.07) is 0. The lowest BCUT2D eigenvalue weighted by Gasteiger charge is -2.09. The zero-order chi connectivity index (χ0) is 13.3. The van der Waals surface area contributed by atoms with E-state index >= 15 is 0 Å². The molecule has 0 saturated carbocycles. The summed E-state index contributed by atoms with van der Waals surface area (Å²) in [6.07, 6.45) is 1.28. The molecule has 0 aliphatic carbocycles. The van der Waals surface area contributed by atoms with Gasteiger partial charge in [0.1, 0.15) is 0 Å². The normalized spacial score (nSPS) is 11.8. The van der Waals surface area contributed by atoms with Gasteiger partial charge in [0.25, 0.3) is 0 Å². The van der Waals surface area contributed by atoms with Gasteiger partial charge >= 0.3 is 5.97 Å². The Morgan fingerprint density at radius 3 is 1.65 bits per heavy atom. The molecule has 0 unspecified atom stereocenters. The van der Waals surface area contributed by atoms with Crippen LogP contribution in [0.3, 0.4) is 0 Å². The summed E-state index contributed by atoms with van der Waals surface area (Å²) < 4.78 is 0. The van der Waals surface area contributed by atoms with Gasteiger partial charge in [0, 0.05) is 11.1 Å².